The first-order valence-corrected chi connectivity index (χ1v) is 9.96. The van der Waals surface area contributed by atoms with Crippen LogP contribution in [0.25, 0.3) is 0 Å². The number of benzene rings is 1. The van der Waals surface area contributed by atoms with Gasteiger partial charge in [-0.25, -0.2) is 4.79 Å². The van der Waals surface area contributed by atoms with Gasteiger partial charge in [-0.1, -0.05) is 47.8 Å². The molecule has 2 unspecified atom stereocenters. The molecule has 0 aliphatic rings. The van der Waals surface area contributed by atoms with Crippen LogP contribution in [0.4, 0.5) is 4.79 Å². The van der Waals surface area contributed by atoms with Gasteiger partial charge < -0.3 is 15.4 Å². The third kappa shape index (κ3) is 10.5. The van der Waals surface area contributed by atoms with E-state index in [0.29, 0.717) is 12.6 Å². The van der Waals surface area contributed by atoms with Crippen molar-refractivity contribution in [2.75, 3.05) is 6.54 Å². The van der Waals surface area contributed by atoms with Crippen molar-refractivity contribution in [1.29, 1.82) is 0 Å². The molecule has 0 heterocycles. The van der Waals surface area contributed by atoms with E-state index in [2.05, 4.69) is 64.7 Å². The van der Waals surface area contributed by atoms with E-state index < -0.39 is 5.60 Å². The van der Waals surface area contributed by atoms with Crippen LogP contribution in [0.15, 0.2) is 28.7 Å². The Balaban J connectivity index is 2.50. The fourth-order valence-electron chi connectivity index (χ4n) is 2.65. The van der Waals surface area contributed by atoms with Crippen molar-refractivity contribution in [2.24, 2.45) is 0 Å². The van der Waals surface area contributed by atoms with Gasteiger partial charge in [-0.05, 0) is 58.2 Å². The van der Waals surface area contributed by atoms with Crippen molar-refractivity contribution >= 4 is 22.0 Å². The number of ether oxygens (including phenoxy) is 1. The summed E-state index contributed by atoms with van der Waals surface area (Å²) in [6.45, 7) is 10.6. The summed E-state index contributed by atoms with van der Waals surface area (Å²) in [6.07, 6.45) is 3.93. The molecule has 0 spiro atoms. The number of amides is 1. The van der Waals surface area contributed by atoms with Crippen molar-refractivity contribution in [3.8, 4) is 0 Å². The number of carbonyl (C=O) groups is 1. The van der Waals surface area contributed by atoms with Crippen LogP contribution in [0.5, 0.6) is 0 Å². The average molecular weight is 413 g/mol. The van der Waals surface area contributed by atoms with Crippen molar-refractivity contribution in [3.63, 3.8) is 0 Å². The number of hydrogen-bond acceptors (Lipinski definition) is 3. The van der Waals surface area contributed by atoms with Gasteiger partial charge in [0, 0.05) is 23.1 Å². The number of alkyl carbamates (subject to hydrolysis) is 1. The number of nitrogens with one attached hydrogen (secondary N) is 2. The van der Waals surface area contributed by atoms with Gasteiger partial charge in [0.1, 0.15) is 5.60 Å². The number of halogens is 1. The first-order valence-electron chi connectivity index (χ1n) is 9.17. The summed E-state index contributed by atoms with van der Waals surface area (Å²) >= 11 is 3.47. The molecule has 4 nitrogen and oxygen atoms in total. The van der Waals surface area contributed by atoms with Crippen LogP contribution in [0, 0.1) is 0 Å². The summed E-state index contributed by atoms with van der Waals surface area (Å²) in [4.78, 5) is 11.9. The highest BCUT2D eigenvalue weighted by Gasteiger charge is 2.18. The maximum absolute atomic E-state index is 11.9. The molecule has 1 aromatic carbocycles. The number of carbonyl (C=O) groups excluding carboxylic acids is 1. The minimum atomic E-state index is -0.467. The summed E-state index contributed by atoms with van der Waals surface area (Å²) < 4.78 is 6.42. The van der Waals surface area contributed by atoms with Crippen LogP contribution in [0.2, 0.25) is 0 Å². The standard InChI is InChI=1S/C20H33BrN2O2/c1-6-7-8-18(14-22-19(24)25-20(3,4)5)23-15(2)13-16-9-11-17(21)12-10-16/h9-12,15,18,23H,6-8,13-14H2,1-5H3,(H,22,24). The summed E-state index contributed by atoms with van der Waals surface area (Å²) in [5.41, 5.74) is 0.836. The Labute approximate surface area is 161 Å². The second-order valence-corrected chi connectivity index (χ2v) is 8.54. The molecule has 5 heteroatoms. The predicted octanol–water partition coefficient (Wildman–Crippen LogP) is 5.05. The fourth-order valence-corrected chi connectivity index (χ4v) is 2.92. The average Bonchev–Trinajstić information content (AvgIpc) is 2.50. The Bertz CT molecular complexity index is 511. The van der Waals surface area contributed by atoms with Gasteiger partial charge >= 0.3 is 6.09 Å². The van der Waals surface area contributed by atoms with Crippen LogP contribution >= 0.6 is 15.9 Å². The SMILES string of the molecule is CCCCC(CNC(=O)OC(C)(C)C)NC(C)Cc1ccc(Br)cc1. The lowest BCUT2D eigenvalue weighted by Gasteiger charge is -2.25. The van der Waals surface area contributed by atoms with Gasteiger partial charge in [-0.2, -0.15) is 0 Å². The van der Waals surface area contributed by atoms with Gasteiger partial charge in [-0.3, -0.25) is 0 Å². The van der Waals surface area contributed by atoms with Gasteiger partial charge in [0.25, 0.3) is 0 Å². The van der Waals surface area contributed by atoms with E-state index in [0.717, 1.165) is 30.2 Å². The summed E-state index contributed by atoms with van der Waals surface area (Å²) in [5, 5.41) is 6.55. The smallest absolute Gasteiger partial charge is 0.407 e. The van der Waals surface area contributed by atoms with Crippen LogP contribution in [0.1, 0.15) is 59.4 Å². The molecule has 2 atom stereocenters. The lowest BCUT2D eigenvalue weighted by atomic mass is 10.0. The van der Waals surface area contributed by atoms with E-state index in [1.54, 1.807) is 0 Å². The van der Waals surface area contributed by atoms with Crippen LogP contribution in [-0.4, -0.2) is 30.3 Å². The molecule has 0 aliphatic heterocycles. The second-order valence-electron chi connectivity index (χ2n) is 7.62. The minimum absolute atomic E-state index is 0.248. The van der Waals surface area contributed by atoms with Crippen LogP contribution in [-0.2, 0) is 11.2 Å². The molecule has 25 heavy (non-hydrogen) atoms. The quantitative estimate of drug-likeness (QED) is 0.596. The van der Waals surface area contributed by atoms with Gasteiger partial charge in [0.05, 0.1) is 0 Å². The molecule has 0 aliphatic carbocycles. The molecular formula is C20H33BrN2O2. The predicted molar refractivity (Wildman–Crippen MR) is 108 cm³/mol. The molecule has 0 saturated heterocycles. The Kier molecular flexibility index (Phi) is 9.51. The lowest BCUT2D eigenvalue weighted by molar-refractivity contribution is 0.0521. The maximum atomic E-state index is 11.9. The van der Waals surface area contributed by atoms with E-state index in [9.17, 15) is 4.79 Å². The van der Waals surface area contributed by atoms with Gasteiger partial charge in [0.2, 0.25) is 0 Å². The topological polar surface area (TPSA) is 50.4 Å². The molecule has 1 aromatic rings. The number of hydrogen-bond donors (Lipinski definition) is 2. The minimum Gasteiger partial charge on any atom is -0.444 e. The van der Waals surface area contributed by atoms with Crippen LogP contribution < -0.4 is 10.6 Å². The molecule has 1 amide bonds. The van der Waals surface area contributed by atoms with Gasteiger partial charge in [-0.15, -0.1) is 0 Å². The highest BCUT2D eigenvalue weighted by molar-refractivity contribution is 9.10. The zero-order valence-electron chi connectivity index (χ0n) is 16.2. The Hall–Kier alpha value is -1.07. The van der Waals surface area contributed by atoms with Crippen molar-refractivity contribution < 1.29 is 9.53 Å². The summed E-state index contributed by atoms with van der Waals surface area (Å²) in [6, 6.07) is 9.01. The molecule has 0 radical (unpaired) electrons. The summed E-state index contributed by atoms with van der Waals surface area (Å²) in [5.74, 6) is 0. The van der Waals surface area contributed by atoms with Gasteiger partial charge in [0.15, 0.2) is 0 Å². The largest absolute Gasteiger partial charge is 0.444 e. The number of unbranched alkanes of at least 4 members (excludes halogenated alkanes) is 1. The third-order valence-corrected chi connectivity index (χ3v) is 4.30. The van der Waals surface area contributed by atoms with Crippen molar-refractivity contribution in [1.82, 2.24) is 10.6 Å². The molecule has 0 saturated carbocycles. The van der Waals surface area contributed by atoms with Crippen LogP contribution in [0.3, 0.4) is 0 Å². The maximum Gasteiger partial charge on any atom is 0.407 e. The zero-order chi connectivity index (χ0) is 18.9. The normalized spacial score (nSPS) is 14.0. The van der Waals surface area contributed by atoms with E-state index in [4.69, 9.17) is 4.74 Å². The molecule has 0 fully saturated rings. The van der Waals surface area contributed by atoms with E-state index in [-0.39, 0.29) is 12.1 Å². The first kappa shape index (κ1) is 22.0. The fraction of sp³-hybridized carbons (Fsp3) is 0.650. The zero-order valence-corrected chi connectivity index (χ0v) is 17.8. The van der Waals surface area contributed by atoms with E-state index >= 15 is 0 Å². The van der Waals surface area contributed by atoms with E-state index in [1.165, 1.54) is 5.56 Å². The molecule has 1 rings (SSSR count). The second kappa shape index (κ2) is 10.8. The highest BCUT2D eigenvalue weighted by atomic mass is 79.9. The molecular weight excluding hydrogens is 380 g/mol. The number of rotatable bonds is 9. The third-order valence-electron chi connectivity index (χ3n) is 3.77. The van der Waals surface area contributed by atoms with E-state index in [1.807, 2.05) is 20.8 Å². The molecule has 0 aromatic heterocycles. The first-order chi connectivity index (χ1) is 11.7. The Morgan fingerprint density at radius 2 is 1.88 bits per heavy atom. The van der Waals surface area contributed by atoms with Crippen molar-refractivity contribution in [3.05, 3.63) is 34.3 Å². The highest BCUT2D eigenvalue weighted by Crippen LogP contribution is 2.12. The Morgan fingerprint density at radius 1 is 1.24 bits per heavy atom. The molecule has 2 N–H and O–H groups in total. The lowest BCUT2D eigenvalue weighted by Crippen LogP contribution is -2.46. The monoisotopic (exact) mass is 412 g/mol. The Morgan fingerprint density at radius 3 is 2.44 bits per heavy atom. The molecule has 142 valence electrons. The summed E-state index contributed by atoms with van der Waals surface area (Å²) in [7, 11) is 0. The van der Waals surface area contributed by atoms with Crippen molar-refractivity contribution in [2.45, 2.75) is 78.0 Å². The molecule has 0 bridgehead atoms.